The van der Waals surface area contributed by atoms with E-state index in [1.807, 2.05) is 45.9 Å². The van der Waals surface area contributed by atoms with Crippen LogP contribution in [0.1, 0.15) is 50.7 Å². The monoisotopic (exact) mass is 353 g/mol. The molecule has 0 saturated heterocycles. The largest absolute Gasteiger partial charge is 0.279 e. The minimum atomic E-state index is -4.02. The Morgan fingerprint density at radius 2 is 1.42 bits per heavy atom. The molecule has 0 aliphatic carbocycles. The zero-order valence-corrected chi connectivity index (χ0v) is 14.9. The van der Waals surface area contributed by atoms with E-state index < -0.39 is 21.7 Å². The molecule has 0 aliphatic heterocycles. The first-order valence-electron chi connectivity index (χ1n) is 7.74. The third kappa shape index (κ3) is 3.75. The van der Waals surface area contributed by atoms with Crippen LogP contribution in [0.2, 0.25) is 0 Å². The van der Waals surface area contributed by atoms with E-state index in [1.165, 1.54) is 0 Å². The Balaban J connectivity index is 2.54. The van der Waals surface area contributed by atoms with Crippen LogP contribution >= 0.6 is 0 Å². The van der Waals surface area contributed by atoms with E-state index in [0.717, 1.165) is 23.3 Å². The second kappa shape index (κ2) is 6.89. The summed E-state index contributed by atoms with van der Waals surface area (Å²) in [6.45, 7) is 7.87. The van der Waals surface area contributed by atoms with Crippen molar-refractivity contribution in [3.05, 3.63) is 59.2 Å². The fraction of sp³-hybridized carbons (Fsp3) is 0.333. The van der Waals surface area contributed by atoms with E-state index >= 15 is 0 Å². The molecule has 0 aliphatic rings. The molecule has 0 aromatic heterocycles. The average molecular weight is 353 g/mol. The van der Waals surface area contributed by atoms with Crippen molar-refractivity contribution in [1.82, 2.24) is 0 Å². The molecule has 0 spiro atoms. The maximum atomic E-state index is 13.4. The number of hydrogen-bond acceptors (Lipinski definition) is 2. The van der Waals surface area contributed by atoms with Crippen molar-refractivity contribution in [2.75, 3.05) is 4.72 Å². The summed E-state index contributed by atoms with van der Waals surface area (Å²) in [5.41, 5.74) is 2.21. The van der Waals surface area contributed by atoms with Crippen LogP contribution in [0.15, 0.2) is 41.3 Å². The van der Waals surface area contributed by atoms with E-state index in [2.05, 4.69) is 4.72 Å². The number of rotatable bonds is 5. The molecule has 2 aromatic carbocycles. The van der Waals surface area contributed by atoms with Gasteiger partial charge in [-0.2, -0.15) is 0 Å². The Morgan fingerprint density at radius 1 is 0.875 bits per heavy atom. The van der Waals surface area contributed by atoms with Gasteiger partial charge in [-0.15, -0.1) is 0 Å². The van der Waals surface area contributed by atoms with Gasteiger partial charge >= 0.3 is 0 Å². The molecule has 0 bridgehead atoms. The fourth-order valence-electron chi connectivity index (χ4n) is 2.51. The molecule has 0 amide bonds. The summed E-state index contributed by atoms with van der Waals surface area (Å²) in [6, 6.07) is 8.15. The molecule has 0 radical (unpaired) electrons. The van der Waals surface area contributed by atoms with Crippen molar-refractivity contribution in [2.45, 2.75) is 44.4 Å². The van der Waals surface area contributed by atoms with Crippen LogP contribution in [0.5, 0.6) is 0 Å². The van der Waals surface area contributed by atoms with E-state index in [9.17, 15) is 17.2 Å². The summed E-state index contributed by atoms with van der Waals surface area (Å²) in [6.07, 6.45) is 0. The van der Waals surface area contributed by atoms with E-state index in [-0.39, 0.29) is 16.7 Å². The molecule has 1 N–H and O–H groups in total. The van der Waals surface area contributed by atoms with Gasteiger partial charge in [-0.05, 0) is 41.2 Å². The van der Waals surface area contributed by atoms with E-state index in [0.29, 0.717) is 11.8 Å². The van der Waals surface area contributed by atoms with Crippen LogP contribution in [-0.2, 0) is 10.0 Å². The lowest BCUT2D eigenvalue weighted by molar-refractivity contribution is 0.504. The van der Waals surface area contributed by atoms with Gasteiger partial charge in [0, 0.05) is 0 Å². The Hall–Kier alpha value is -1.95. The number of anilines is 1. The molecular formula is C18H21F2NO2S. The highest BCUT2D eigenvalue weighted by Gasteiger charge is 2.21. The predicted molar refractivity (Wildman–Crippen MR) is 91.8 cm³/mol. The first-order valence-corrected chi connectivity index (χ1v) is 9.22. The van der Waals surface area contributed by atoms with Crippen molar-refractivity contribution in [3.63, 3.8) is 0 Å². The smallest absolute Gasteiger partial charge is 0.262 e. The first kappa shape index (κ1) is 18.4. The van der Waals surface area contributed by atoms with Crippen molar-refractivity contribution in [1.29, 1.82) is 0 Å². The average Bonchev–Trinajstić information content (AvgIpc) is 2.49. The minimum absolute atomic E-state index is 0.103. The Morgan fingerprint density at radius 3 is 1.88 bits per heavy atom. The zero-order valence-electron chi connectivity index (χ0n) is 14.1. The molecule has 3 nitrogen and oxygen atoms in total. The van der Waals surface area contributed by atoms with Crippen LogP contribution in [0.4, 0.5) is 14.5 Å². The molecule has 0 heterocycles. The highest BCUT2D eigenvalue weighted by atomic mass is 32.2. The summed E-state index contributed by atoms with van der Waals surface area (Å²) in [5, 5.41) is 0. The molecule has 0 atom stereocenters. The number of hydrogen-bond donors (Lipinski definition) is 1. The van der Waals surface area contributed by atoms with Gasteiger partial charge in [0.25, 0.3) is 10.0 Å². The number of benzene rings is 2. The standard InChI is InChI=1S/C18H21F2NO2S/c1-11(2)14-6-5-7-15(12(3)4)18(14)21-24(22,23)13-8-9-16(19)17(20)10-13/h5-12,21H,1-4H3. The maximum Gasteiger partial charge on any atom is 0.262 e. The van der Waals surface area contributed by atoms with Crippen molar-refractivity contribution in [3.8, 4) is 0 Å². The number of halogens is 2. The predicted octanol–water partition coefficient (Wildman–Crippen LogP) is 5.01. The Kier molecular flexibility index (Phi) is 5.28. The van der Waals surface area contributed by atoms with E-state index in [1.54, 1.807) is 0 Å². The zero-order chi connectivity index (χ0) is 18.1. The molecule has 0 saturated carbocycles. The van der Waals surface area contributed by atoms with Gasteiger partial charge in [0.2, 0.25) is 0 Å². The van der Waals surface area contributed by atoms with Crippen LogP contribution < -0.4 is 4.72 Å². The second-order valence-corrected chi connectivity index (χ2v) is 7.98. The molecule has 6 heteroatoms. The third-order valence-corrected chi connectivity index (χ3v) is 5.16. The molecule has 2 rings (SSSR count). The number of nitrogens with one attached hydrogen (secondary N) is 1. The highest BCUT2D eigenvalue weighted by molar-refractivity contribution is 7.92. The van der Waals surface area contributed by atoms with Crippen LogP contribution in [0.3, 0.4) is 0 Å². The first-order chi connectivity index (χ1) is 11.1. The normalized spacial score (nSPS) is 12.0. The Bertz CT molecular complexity index is 820. The minimum Gasteiger partial charge on any atom is -0.279 e. The van der Waals surface area contributed by atoms with Gasteiger partial charge in [-0.1, -0.05) is 45.9 Å². The lowest BCUT2D eigenvalue weighted by Gasteiger charge is -2.20. The highest BCUT2D eigenvalue weighted by Crippen LogP contribution is 2.34. The molecule has 24 heavy (non-hydrogen) atoms. The molecule has 0 unspecified atom stereocenters. The topological polar surface area (TPSA) is 46.2 Å². The number of para-hydroxylation sites is 1. The summed E-state index contributed by atoms with van der Waals surface area (Å²) in [5.74, 6) is -2.07. The third-order valence-electron chi connectivity index (χ3n) is 3.81. The summed E-state index contributed by atoms with van der Waals surface area (Å²) in [4.78, 5) is -0.310. The quantitative estimate of drug-likeness (QED) is 0.821. The summed E-state index contributed by atoms with van der Waals surface area (Å²) >= 11 is 0. The van der Waals surface area contributed by atoms with E-state index in [4.69, 9.17) is 0 Å². The van der Waals surface area contributed by atoms with Crippen LogP contribution in [0, 0.1) is 11.6 Å². The van der Waals surface area contributed by atoms with Crippen molar-refractivity contribution >= 4 is 15.7 Å². The summed E-state index contributed by atoms with van der Waals surface area (Å²) in [7, 11) is -4.02. The van der Waals surface area contributed by atoms with Gasteiger partial charge in [-0.3, -0.25) is 4.72 Å². The molecule has 0 fully saturated rings. The fourth-order valence-corrected chi connectivity index (χ4v) is 3.63. The number of sulfonamides is 1. The lowest BCUT2D eigenvalue weighted by atomic mass is 9.93. The van der Waals surface area contributed by atoms with Crippen molar-refractivity contribution in [2.24, 2.45) is 0 Å². The van der Waals surface area contributed by atoms with Crippen LogP contribution in [0.25, 0.3) is 0 Å². The summed E-state index contributed by atoms with van der Waals surface area (Å²) < 4.78 is 54.3. The molecular weight excluding hydrogens is 332 g/mol. The maximum absolute atomic E-state index is 13.4. The van der Waals surface area contributed by atoms with Crippen molar-refractivity contribution < 1.29 is 17.2 Å². The Labute approximate surface area is 141 Å². The van der Waals surface area contributed by atoms with Gasteiger partial charge in [0.1, 0.15) is 0 Å². The SMILES string of the molecule is CC(C)c1cccc(C(C)C)c1NS(=O)(=O)c1ccc(F)c(F)c1. The lowest BCUT2D eigenvalue weighted by Crippen LogP contribution is -2.17. The second-order valence-electron chi connectivity index (χ2n) is 6.30. The van der Waals surface area contributed by atoms with Crippen LogP contribution in [-0.4, -0.2) is 8.42 Å². The van der Waals surface area contributed by atoms with Gasteiger partial charge in [0.15, 0.2) is 11.6 Å². The van der Waals surface area contributed by atoms with Gasteiger partial charge < -0.3 is 0 Å². The molecule has 130 valence electrons. The van der Waals surface area contributed by atoms with Gasteiger partial charge in [0.05, 0.1) is 10.6 Å². The molecule has 2 aromatic rings. The van der Waals surface area contributed by atoms with Gasteiger partial charge in [-0.25, -0.2) is 17.2 Å².